The smallest absolute Gasteiger partial charge is 0.335 e. The lowest BCUT2D eigenvalue weighted by Gasteiger charge is -2.14. The van der Waals surface area contributed by atoms with Gasteiger partial charge >= 0.3 is 5.97 Å². The highest BCUT2D eigenvalue weighted by Crippen LogP contribution is 2.30. The zero-order valence-electron chi connectivity index (χ0n) is 13.9. The molecule has 6 heteroatoms. The van der Waals surface area contributed by atoms with Gasteiger partial charge in [-0.15, -0.1) is 0 Å². The van der Waals surface area contributed by atoms with Crippen molar-refractivity contribution < 1.29 is 19.1 Å². The largest absolute Gasteiger partial charge is 0.478 e. The van der Waals surface area contributed by atoms with E-state index in [-0.39, 0.29) is 22.5 Å². The maximum atomic E-state index is 12.4. The Morgan fingerprint density at radius 2 is 2.12 bits per heavy atom. The normalized spacial score (nSPS) is 12.1. The number of hydrogen-bond donors (Lipinski definition) is 1. The summed E-state index contributed by atoms with van der Waals surface area (Å²) in [7, 11) is 0. The third kappa shape index (κ3) is 3.38. The van der Waals surface area contributed by atoms with Crippen molar-refractivity contribution in [2.24, 2.45) is 0 Å². The molecule has 1 atom stereocenters. The van der Waals surface area contributed by atoms with Gasteiger partial charge in [-0.05, 0) is 43.7 Å². The summed E-state index contributed by atoms with van der Waals surface area (Å²) in [4.78, 5) is 27.7. The molecule has 0 spiro atoms. The zero-order valence-corrected chi connectivity index (χ0v) is 13.9. The van der Waals surface area contributed by atoms with E-state index in [0.717, 1.165) is 6.42 Å². The van der Waals surface area contributed by atoms with E-state index in [1.165, 1.54) is 24.3 Å². The Morgan fingerprint density at radius 1 is 1.32 bits per heavy atom. The second-order valence-corrected chi connectivity index (χ2v) is 5.68. The molecule has 0 fully saturated rings. The highest BCUT2D eigenvalue weighted by molar-refractivity contribution is 5.93. The molecule has 6 nitrogen and oxygen atoms in total. The van der Waals surface area contributed by atoms with Gasteiger partial charge < -0.3 is 14.3 Å². The van der Waals surface area contributed by atoms with Gasteiger partial charge in [0.25, 0.3) is 0 Å². The molecule has 128 valence electrons. The number of hydrogen-bond acceptors (Lipinski definition) is 5. The third-order valence-electron chi connectivity index (χ3n) is 3.90. The van der Waals surface area contributed by atoms with Crippen LogP contribution in [0, 0.1) is 0 Å². The highest BCUT2D eigenvalue weighted by atomic mass is 16.5. The van der Waals surface area contributed by atoms with Gasteiger partial charge in [0.15, 0.2) is 5.43 Å². The summed E-state index contributed by atoms with van der Waals surface area (Å²) in [5.41, 5.74) is 0.599. The number of aromatic carboxylic acids is 1. The van der Waals surface area contributed by atoms with E-state index in [4.69, 9.17) is 14.3 Å². The van der Waals surface area contributed by atoms with Crippen LogP contribution in [0.4, 0.5) is 0 Å². The van der Waals surface area contributed by atoms with Gasteiger partial charge in [-0.2, -0.15) is 0 Å². The molecule has 0 aliphatic rings. The fourth-order valence-electron chi connectivity index (χ4n) is 2.37. The van der Waals surface area contributed by atoms with Gasteiger partial charge in [-0.3, -0.25) is 4.79 Å². The molecule has 3 aromatic rings. The van der Waals surface area contributed by atoms with E-state index >= 15 is 0 Å². The molecule has 2 aromatic heterocycles. The number of rotatable bonds is 5. The minimum Gasteiger partial charge on any atom is -0.478 e. The number of ether oxygens (including phenoxy) is 1. The number of carboxylic acids is 1. The predicted octanol–water partition coefficient (Wildman–Crippen LogP) is 3.73. The van der Waals surface area contributed by atoms with Crippen molar-refractivity contribution in [2.75, 3.05) is 0 Å². The quantitative estimate of drug-likeness (QED) is 0.762. The van der Waals surface area contributed by atoms with Crippen LogP contribution in [-0.4, -0.2) is 22.2 Å². The highest BCUT2D eigenvalue weighted by Gasteiger charge is 2.15. The number of benzene rings is 1. The first-order chi connectivity index (χ1) is 12.0. The van der Waals surface area contributed by atoms with Gasteiger partial charge in [0.1, 0.15) is 11.3 Å². The lowest BCUT2D eigenvalue weighted by Crippen LogP contribution is -2.11. The second kappa shape index (κ2) is 6.76. The Hall–Kier alpha value is -3.15. The monoisotopic (exact) mass is 339 g/mol. The SMILES string of the molecule is CCC(C)Oc1ncccc1-c1cc(=O)c2cc(C(=O)O)ccc2o1. The first-order valence-electron chi connectivity index (χ1n) is 7.93. The second-order valence-electron chi connectivity index (χ2n) is 5.68. The van der Waals surface area contributed by atoms with E-state index in [0.29, 0.717) is 22.8 Å². The Morgan fingerprint density at radius 3 is 2.84 bits per heavy atom. The topological polar surface area (TPSA) is 89.6 Å². The van der Waals surface area contributed by atoms with Crippen LogP contribution in [0.1, 0.15) is 30.6 Å². The molecular weight excluding hydrogens is 322 g/mol. The summed E-state index contributed by atoms with van der Waals surface area (Å²) in [6, 6.07) is 9.02. The zero-order chi connectivity index (χ0) is 18.0. The van der Waals surface area contributed by atoms with Gasteiger partial charge in [0, 0.05) is 12.3 Å². The van der Waals surface area contributed by atoms with E-state index < -0.39 is 5.97 Å². The van der Waals surface area contributed by atoms with E-state index in [2.05, 4.69) is 4.98 Å². The minimum atomic E-state index is -1.10. The van der Waals surface area contributed by atoms with Crippen LogP contribution in [0.15, 0.2) is 51.8 Å². The summed E-state index contributed by atoms with van der Waals surface area (Å²) >= 11 is 0. The van der Waals surface area contributed by atoms with Crippen molar-refractivity contribution in [3.8, 4) is 17.2 Å². The summed E-state index contributed by atoms with van der Waals surface area (Å²) in [5, 5.41) is 9.27. The predicted molar refractivity (Wildman–Crippen MR) is 93.1 cm³/mol. The Kier molecular flexibility index (Phi) is 4.52. The number of carbonyl (C=O) groups is 1. The van der Waals surface area contributed by atoms with Gasteiger partial charge in [-0.1, -0.05) is 6.92 Å². The van der Waals surface area contributed by atoms with Crippen LogP contribution >= 0.6 is 0 Å². The lowest BCUT2D eigenvalue weighted by molar-refractivity contribution is 0.0697. The van der Waals surface area contributed by atoms with Crippen LogP contribution < -0.4 is 10.2 Å². The fourth-order valence-corrected chi connectivity index (χ4v) is 2.37. The molecule has 3 rings (SSSR count). The summed E-state index contributed by atoms with van der Waals surface area (Å²) < 4.78 is 11.6. The average molecular weight is 339 g/mol. The standard InChI is InChI=1S/C19H17NO5/c1-3-11(2)24-18-13(5-4-8-20-18)17-10-15(21)14-9-12(19(22)23)6-7-16(14)25-17/h4-11H,3H2,1-2H3,(H,22,23). The Balaban J connectivity index is 2.13. The van der Waals surface area contributed by atoms with Crippen molar-refractivity contribution in [1.82, 2.24) is 4.98 Å². The van der Waals surface area contributed by atoms with Crippen molar-refractivity contribution in [3.63, 3.8) is 0 Å². The molecule has 0 saturated heterocycles. The first kappa shape index (κ1) is 16.7. The van der Waals surface area contributed by atoms with Crippen LogP contribution in [0.2, 0.25) is 0 Å². The molecule has 2 heterocycles. The molecule has 1 aromatic carbocycles. The third-order valence-corrected chi connectivity index (χ3v) is 3.90. The molecule has 0 saturated carbocycles. The molecule has 0 bridgehead atoms. The van der Waals surface area contributed by atoms with Crippen LogP contribution in [-0.2, 0) is 0 Å². The van der Waals surface area contributed by atoms with Crippen molar-refractivity contribution in [1.29, 1.82) is 0 Å². The maximum Gasteiger partial charge on any atom is 0.335 e. The summed E-state index contributed by atoms with van der Waals surface area (Å²) in [6.07, 6.45) is 2.40. The number of carboxylic acid groups (broad SMARTS) is 1. The van der Waals surface area contributed by atoms with Crippen molar-refractivity contribution in [3.05, 3.63) is 58.4 Å². The summed E-state index contributed by atoms with van der Waals surface area (Å²) in [6.45, 7) is 3.94. The molecule has 0 radical (unpaired) electrons. The summed E-state index contributed by atoms with van der Waals surface area (Å²) in [5.74, 6) is -0.379. The number of pyridine rings is 1. The van der Waals surface area contributed by atoms with E-state index in [1.54, 1.807) is 18.3 Å². The van der Waals surface area contributed by atoms with E-state index in [1.807, 2.05) is 13.8 Å². The van der Waals surface area contributed by atoms with Gasteiger partial charge in [0.05, 0.1) is 22.6 Å². The molecule has 0 amide bonds. The number of aromatic nitrogens is 1. The van der Waals surface area contributed by atoms with Crippen LogP contribution in [0.5, 0.6) is 5.88 Å². The fraction of sp³-hybridized carbons (Fsp3) is 0.211. The van der Waals surface area contributed by atoms with Crippen molar-refractivity contribution in [2.45, 2.75) is 26.4 Å². The molecule has 1 unspecified atom stereocenters. The molecule has 0 aliphatic heterocycles. The molecule has 25 heavy (non-hydrogen) atoms. The van der Waals surface area contributed by atoms with Crippen LogP contribution in [0.3, 0.4) is 0 Å². The molecular formula is C19H17NO5. The van der Waals surface area contributed by atoms with Gasteiger partial charge in [0.2, 0.25) is 5.88 Å². The average Bonchev–Trinajstić information content (AvgIpc) is 2.61. The minimum absolute atomic E-state index is 0.0287. The number of nitrogens with zero attached hydrogens (tertiary/aromatic N) is 1. The first-order valence-corrected chi connectivity index (χ1v) is 7.93. The molecule has 0 aliphatic carbocycles. The Labute approximate surface area is 143 Å². The van der Waals surface area contributed by atoms with Crippen LogP contribution in [0.25, 0.3) is 22.3 Å². The lowest BCUT2D eigenvalue weighted by atomic mass is 10.1. The van der Waals surface area contributed by atoms with E-state index in [9.17, 15) is 9.59 Å². The number of fused-ring (bicyclic) bond motifs is 1. The Bertz CT molecular complexity index is 993. The maximum absolute atomic E-state index is 12.4. The molecule has 1 N–H and O–H groups in total. The van der Waals surface area contributed by atoms with Crippen molar-refractivity contribution >= 4 is 16.9 Å². The van der Waals surface area contributed by atoms with Gasteiger partial charge in [-0.25, -0.2) is 9.78 Å².